The van der Waals surface area contributed by atoms with Crippen molar-refractivity contribution >= 4 is 5.82 Å². The highest BCUT2D eigenvalue weighted by atomic mass is 15.3. The fraction of sp³-hybridized carbons (Fsp3) is 0.500. The second-order valence-electron chi connectivity index (χ2n) is 7.15. The van der Waals surface area contributed by atoms with Gasteiger partial charge >= 0.3 is 0 Å². The van der Waals surface area contributed by atoms with Crippen molar-refractivity contribution in [3.63, 3.8) is 0 Å². The van der Waals surface area contributed by atoms with Crippen LogP contribution in [-0.4, -0.2) is 47.6 Å². The minimum Gasteiger partial charge on any atom is -0.355 e. The second-order valence-corrected chi connectivity index (χ2v) is 7.15. The summed E-state index contributed by atoms with van der Waals surface area (Å²) in [6, 6.07) is 4.56. The van der Waals surface area contributed by atoms with E-state index in [0.29, 0.717) is 12.0 Å². The molecule has 0 spiro atoms. The second kappa shape index (κ2) is 6.51. The van der Waals surface area contributed by atoms with Crippen molar-refractivity contribution in [1.29, 1.82) is 0 Å². The molecule has 0 unspecified atom stereocenters. The monoisotopic (exact) mass is 350 g/mol. The molecule has 2 fully saturated rings. The Morgan fingerprint density at radius 3 is 2.58 bits per heavy atom. The minimum absolute atomic E-state index is 0.465. The highest BCUT2D eigenvalue weighted by Crippen LogP contribution is 2.40. The summed E-state index contributed by atoms with van der Waals surface area (Å²) in [6.07, 6.45) is 12.0. The van der Waals surface area contributed by atoms with E-state index in [1.165, 1.54) is 18.7 Å². The highest BCUT2D eigenvalue weighted by Gasteiger charge is 2.33. The molecular formula is C18H22N8. The van der Waals surface area contributed by atoms with E-state index in [1.54, 1.807) is 12.4 Å². The third kappa shape index (κ3) is 2.95. The minimum atomic E-state index is 0.465. The van der Waals surface area contributed by atoms with Gasteiger partial charge in [-0.15, -0.1) is 15.3 Å². The largest absolute Gasteiger partial charge is 0.355 e. The third-order valence-corrected chi connectivity index (χ3v) is 5.33. The number of nitrogens with zero attached hydrogens (tertiary/aromatic N) is 8. The maximum Gasteiger partial charge on any atom is 0.153 e. The Labute approximate surface area is 151 Å². The lowest BCUT2D eigenvalue weighted by atomic mass is 9.96. The van der Waals surface area contributed by atoms with Crippen LogP contribution in [0.1, 0.15) is 49.3 Å². The molecule has 1 aliphatic carbocycles. The summed E-state index contributed by atoms with van der Waals surface area (Å²) in [5.74, 6) is 3.65. The number of anilines is 1. The van der Waals surface area contributed by atoms with Crippen molar-refractivity contribution in [3.8, 4) is 0 Å². The maximum atomic E-state index is 4.61. The molecule has 3 aromatic heterocycles. The van der Waals surface area contributed by atoms with E-state index in [4.69, 9.17) is 0 Å². The number of aromatic nitrogens is 7. The Balaban J connectivity index is 1.33. The molecular weight excluding hydrogens is 328 g/mol. The van der Waals surface area contributed by atoms with Crippen LogP contribution in [0.5, 0.6) is 0 Å². The smallest absolute Gasteiger partial charge is 0.153 e. The molecule has 3 aromatic rings. The van der Waals surface area contributed by atoms with E-state index < -0.39 is 0 Å². The molecule has 1 saturated heterocycles. The molecule has 0 atom stereocenters. The summed E-state index contributed by atoms with van der Waals surface area (Å²) in [5, 5.41) is 17.4. The van der Waals surface area contributed by atoms with Gasteiger partial charge in [0.25, 0.3) is 0 Å². The van der Waals surface area contributed by atoms with E-state index in [1.807, 2.05) is 24.7 Å². The van der Waals surface area contributed by atoms with Crippen molar-refractivity contribution in [2.45, 2.75) is 44.2 Å². The zero-order valence-corrected chi connectivity index (χ0v) is 14.6. The molecule has 8 nitrogen and oxygen atoms in total. The first-order valence-corrected chi connectivity index (χ1v) is 9.30. The summed E-state index contributed by atoms with van der Waals surface area (Å²) < 4.78 is 4.46. The number of piperidine rings is 1. The summed E-state index contributed by atoms with van der Waals surface area (Å²) in [4.78, 5) is 6.44. The Hall–Kier alpha value is -2.77. The van der Waals surface area contributed by atoms with Gasteiger partial charge in [0, 0.05) is 43.6 Å². The SMILES string of the molecule is c1cnnc(N2CCC(c3nnc(Cn4ccnc4)n3C3CC3)CC2)c1. The van der Waals surface area contributed by atoms with Crippen LogP contribution < -0.4 is 4.90 Å². The average Bonchev–Trinajstić information content (AvgIpc) is 3.24. The van der Waals surface area contributed by atoms with Crippen molar-refractivity contribution < 1.29 is 0 Å². The molecule has 8 heteroatoms. The first-order chi connectivity index (χ1) is 12.9. The predicted octanol–water partition coefficient (Wildman–Crippen LogP) is 2.03. The molecule has 0 amide bonds. The van der Waals surface area contributed by atoms with Gasteiger partial charge in [-0.3, -0.25) is 0 Å². The maximum absolute atomic E-state index is 4.61. The molecule has 134 valence electrons. The van der Waals surface area contributed by atoms with E-state index in [0.717, 1.165) is 44.1 Å². The molecule has 0 N–H and O–H groups in total. The lowest BCUT2D eigenvalue weighted by Crippen LogP contribution is -2.34. The standard InChI is InChI=1S/C18H22N8/c1-2-16(21-20-7-1)25-9-5-14(6-10-25)18-23-22-17(26(18)15-3-4-15)12-24-11-8-19-13-24/h1-2,7-8,11,13-15H,3-6,9-10,12H2. The lowest BCUT2D eigenvalue weighted by molar-refractivity contribution is 0.459. The van der Waals surface area contributed by atoms with E-state index in [2.05, 4.69) is 39.4 Å². The van der Waals surface area contributed by atoms with Crippen LogP contribution in [0.25, 0.3) is 0 Å². The molecule has 1 aliphatic heterocycles. The van der Waals surface area contributed by atoms with Crippen molar-refractivity contribution in [2.24, 2.45) is 0 Å². The van der Waals surface area contributed by atoms with Crippen LogP contribution in [0.4, 0.5) is 5.82 Å². The van der Waals surface area contributed by atoms with Gasteiger partial charge in [0.05, 0.1) is 12.9 Å². The molecule has 0 radical (unpaired) electrons. The van der Waals surface area contributed by atoms with Crippen molar-refractivity contribution in [1.82, 2.24) is 34.5 Å². The molecule has 0 bridgehead atoms. The molecule has 1 saturated carbocycles. The summed E-state index contributed by atoms with van der Waals surface area (Å²) in [5.41, 5.74) is 0. The van der Waals surface area contributed by atoms with E-state index in [-0.39, 0.29) is 0 Å². The summed E-state index contributed by atoms with van der Waals surface area (Å²) >= 11 is 0. The Morgan fingerprint density at radius 2 is 1.88 bits per heavy atom. The first kappa shape index (κ1) is 15.5. The lowest BCUT2D eigenvalue weighted by Gasteiger charge is -2.32. The van der Waals surface area contributed by atoms with E-state index >= 15 is 0 Å². The van der Waals surface area contributed by atoms with E-state index in [9.17, 15) is 0 Å². The van der Waals surface area contributed by atoms with Crippen molar-refractivity contribution in [3.05, 3.63) is 48.7 Å². The fourth-order valence-electron chi connectivity index (χ4n) is 3.83. The van der Waals surface area contributed by atoms with Gasteiger partial charge < -0.3 is 14.0 Å². The number of imidazole rings is 1. The zero-order valence-electron chi connectivity index (χ0n) is 14.6. The van der Waals surface area contributed by atoms with Crippen molar-refractivity contribution in [2.75, 3.05) is 18.0 Å². The van der Waals surface area contributed by atoms with Gasteiger partial charge in [0.15, 0.2) is 11.6 Å². The average molecular weight is 350 g/mol. The Kier molecular flexibility index (Phi) is 3.88. The molecule has 4 heterocycles. The fourth-order valence-corrected chi connectivity index (χ4v) is 3.83. The van der Waals surface area contributed by atoms with Crippen LogP contribution in [-0.2, 0) is 6.54 Å². The Morgan fingerprint density at radius 1 is 1.00 bits per heavy atom. The van der Waals surface area contributed by atoms with Crippen LogP contribution in [0, 0.1) is 0 Å². The highest BCUT2D eigenvalue weighted by molar-refractivity contribution is 5.37. The van der Waals surface area contributed by atoms with Crippen LogP contribution in [0.2, 0.25) is 0 Å². The van der Waals surface area contributed by atoms with Crippen LogP contribution in [0.3, 0.4) is 0 Å². The molecule has 5 rings (SSSR count). The number of hydrogen-bond donors (Lipinski definition) is 0. The molecule has 26 heavy (non-hydrogen) atoms. The van der Waals surface area contributed by atoms with Gasteiger partial charge in [0.2, 0.25) is 0 Å². The van der Waals surface area contributed by atoms with Crippen LogP contribution in [0.15, 0.2) is 37.1 Å². The van der Waals surface area contributed by atoms with Gasteiger partial charge in [0.1, 0.15) is 5.82 Å². The first-order valence-electron chi connectivity index (χ1n) is 9.30. The predicted molar refractivity (Wildman–Crippen MR) is 95.8 cm³/mol. The summed E-state index contributed by atoms with van der Waals surface area (Å²) in [6.45, 7) is 2.71. The Bertz CT molecular complexity index is 845. The van der Waals surface area contributed by atoms with Gasteiger partial charge in [-0.05, 0) is 37.8 Å². The van der Waals surface area contributed by atoms with Crippen LogP contribution >= 0.6 is 0 Å². The molecule has 0 aromatic carbocycles. The number of rotatable bonds is 5. The van der Waals surface area contributed by atoms with Gasteiger partial charge in [-0.25, -0.2) is 4.98 Å². The van der Waals surface area contributed by atoms with Gasteiger partial charge in [-0.2, -0.15) is 5.10 Å². The number of hydrogen-bond acceptors (Lipinski definition) is 6. The molecule has 2 aliphatic rings. The normalized spacial score (nSPS) is 18.4. The summed E-state index contributed by atoms with van der Waals surface area (Å²) in [7, 11) is 0. The third-order valence-electron chi connectivity index (χ3n) is 5.33. The van der Waals surface area contributed by atoms with Gasteiger partial charge in [-0.1, -0.05) is 0 Å². The zero-order chi connectivity index (χ0) is 17.3. The quantitative estimate of drug-likeness (QED) is 0.701. The topological polar surface area (TPSA) is 77.6 Å².